The Balaban J connectivity index is 2.02. The van der Waals surface area contributed by atoms with Crippen LogP contribution < -0.4 is 4.90 Å². The van der Waals surface area contributed by atoms with Gasteiger partial charge in [0.1, 0.15) is 0 Å². The Morgan fingerprint density at radius 2 is 1.79 bits per heavy atom. The third-order valence-electron chi connectivity index (χ3n) is 3.76. The Kier molecular flexibility index (Phi) is 4.82. The number of piperidine rings is 1. The summed E-state index contributed by atoms with van der Waals surface area (Å²) in [7, 11) is -2.80. The smallest absolute Gasteiger partial charge is 0.257 e. The molecule has 1 aromatic carbocycles. The van der Waals surface area contributed by atoms with E-state index in [2.05, 4.69) is 11.8 Å². The highest BCUT2D eigenvalue weighted by molar-refractivity contribution is 7.67. The van der Waals surface area contributed by atoms with Crippen molar-refractivity contribution in [3.8, 4) is 0 Å². The zero-order valence-electron chi connectivity index (χ0n) is 11.4. The molecular weight excluding hydrogens is 262 g/mol. The molecule has 0 saturated carbocycles. The lowest BCUT2D eigenvalue weighted by Gasteiger charge is -2.32. The number of benzene rings is 1. The van der Waals surface area contributed by atoms with Crippen molar-refractivity contribution in [2.75, 3.05) is 18.0 Å². The highest BCUT2D eigenvalue weighted by Crippen LogP contribution is 2.25. The molecule has 1 unspecified atom stereocenters. The van der Waals surface area contributed by atoms with E-state index in [-0.39, 0.29) is 0 Å². The Morgan fingerprint density at radius 3 is 2.32 bits per heavy atom. The van der Waals surface area contributed by atoms with Crippen LogP contribution in [0.4, 0.5) is 5.69 Å². The Labute approximate surface area is 116 Å². The lowest BCUT2D eigenvalue weighted by atomic mass is 9.98. The second kappa shape index (κ2) is 6.39. The van der Waals surface area contributed by atoms with Crippen LogP contribution in [0.3, 0.4) is 0 Å². The van der Waals surface area contributed by atoms with Gasteiger partial charge in [0, 0.05) is 18.8 Å². The SMILES string of the molecule is CC1CCN(c2ccc(C(C)O[SH](=O)=O)cc2)CC1. The minimum atomic E-state index is -2.80. The van der Waals surface area contributed by atoms with Crippen molar-refractivity contribution in [2.24, 2.45) is 5.92 Å². The van der Waals surface area contributed by atoms with E-state index in [1.54, 1.807) is 6.92 Å². The van der Waals surface area contributed by atoms with Gasteiger partial charge in [-0.15, -0.1) is 0 Å². The highest BCUT2D eigenvalue weighted by atomic mass is 32.2. The molecule has 0 aliphatic carbocycles. The quantitative estimate of drug-likeness (QED) is 0.863. The number of hydrogen-bond acceptors (Lipinski definition) is 4. The summed E-state index contributed by atoms with van der Waals surface area (Å²) in [6.07, 6.45) is 2.05. The van der Waals surface area contributed by atoms with Crippen LogP contribution in [0.25, 0.3) is 0 Å². The van der Waals surface area contributed by atoms with Crippen molar-refractivity contribution in [1.82, 2.24) is 0 Å². The topological polar surface area (TPSA) is 46.6 Å². The Morgan fingerprint density at radius 1 is 1.21 bits per heavy atom. The minimum absolute atomic E-state index is 0.420. The molecule has 0 amide bonds. The minimum Gasteiger partial charge on any atom is -0.372 e. The van der Waals surface area contributed by atoms with Gasteiger partial charge in [-0.1, -0.05) is 19.1 Å². The molecule has 0 N–H and O–H groups in total. The summed E-state index contributed by atoms with van der Waals surface area (Å²) in [5.41, 5.74) is 2.09. The van der Waals surface area contributed by atoms with E-state index in [1.165, 1.54) is 18.5 Å². The Bertz CT molecular complexity index is 468. The van der Waals surface area contributed by atoms with Crippen molar-refractivity contribution in [2.45, 2.75) is 32.8 Å². The number of thiol groups is 1. The second-order valence-electron chi connectivity index (χ2n) is 5.23. The predicted octanol–water partition coefficient (Wildman–Crippen LogP) is 2.53. The first-order valence-corrected chi connectivity index (χ1v) is 7.82. The first kappa shape index (κ1) is 14.3. The first-order valence-electron chi connectivity index (χ1n) is 6.72. The van der Waals surface area contributed by atoms with Gasteiger partial charge in [0.25, 0.3) is 11.0 Å². The molecule has 4 nitrogen and oxygen atoms in total. The zero-order valence-corrected chi connectivity index (χ0v) is 12.3. The molecule has 1 aliphatic heterocycles. The summed E-state index contributed by atoms with van der Waals surface area (Å²) in [6.45, 7) is 6.23. The average Bonchev–Trinajstić information content (AvgIpc) is 2.39. The number of hydrogen-bond donors (Lipinski definition) is 1. The van der Waals surface area contributed by atoms with Gasteiger partial charge < -0.3 is 4.90 Å². The van der Waals surface area contributed by atoms with E-state index in [0.29, 0.717) is 0 Å². The van der Waals surface area contributed by atoms with Gasteiger partial charge in [-0.2, -0.15) is 0 Å². The summed E-state index contributed by atoms with van der Waals surface area (Å²) in [4.78, 5) is 2.38. The van der Waals surface area contributed by atoms with Gasteiger partial charge in [0.15, 0.2) is 0 Å². The van der Waals surface area contributed by atoms with E-state index in [9.17, 15) is 8.42 Å². The number of nitrogens with zero attached hydrogens (tertiary/aromatic N) is 1. The van der Waals surface area contributed by atoms with Crippen LogP contribution in [-0.4, -0.2) is 21.5 Å². The molecule has 5 heteroatoms. The van der Waals surface area contributed by atoms with Gasteiger partial charge in [-0.25, -0.2) is 8.42 Å². The van der Waals surface area contributed by atoms with Crippen LogP contribution >= 0.6 is 0 Å². The van der Waals surface area contributed by atoms with Crippen molar-refractivity contribution in [1.29, 1.82) is 0 Å². The third-order valence-corrected chi connectivity index (χ3v) is 4.24. The Hall–Kier alpha value is -1.07. The molecule has 19 heavy (non-hydrogen) atoms. The molecular formula is C14H21NO3S. The average molecular weight is 283 g/mol. The van der Waals surface area contributed by atoms with Crippen LogP contribution in [0.15, 0.2) is 24.3 Å². The highest BCUT2D eigenvalue weighted by Gasteiger charge is 2.16. The van der Waals surface area contributed by atoms with Crippen molar-refractivity contribution >= 4 is 16.7 Å². The van der Waals surface area contributed by atoms with E-state index >= 15 is 0 Å². The first-order chi connectivity index (χ1) is 9.06. The maximum Gasteiger partial charge on any atom is 0.257 e. The van der Waals surface area contributed by atoms with Crippen LogP contribution in [0.2, 0.25) is 0 Å². The molecule has 0 radical (unpaired) electrons. The van der Waals surface area contributed by atoms with Crippen molar-refractivity contribution in [3.63, 3.8) is 0 Å². The van der Waals surface area contributed by atoms with Gasteiger partial charge >= 0.3 is 0 Å². The van der Waals surface area contributed by atoms with Crippen molar-refractivity contribution in [3.05, 3.63) is 29.8 Å². The summed E-state index contributed by atoms with van der Waals surface area (Å²) >= 11 is 0. The molecule has 0 bridgehead atoms. The molecule has 1 aromatic rings. The van der Waals surface area contributed by atoms with Gasteiger partial charge in [0.2, 0.25) is 0 Å². The van der Waals surface area contributed by atoms with Crippen LogP contribution in [0, 0.1) is 5.92 Å². The van der Waals surface area contributed by atoms with Crippen LogP contribution in [0.5, 0.6) is 0 Å². The predicted molar refractivity (Wildman–Crippen MR) is 76.9 cm³/mol. The van der Waals surface area contributed by atoms with E-state index in [4.69, 9.17) is 4.18 Å². The van der Waals surface area contributed by atoms with Crippen molar-refractivity contribution < 1.29 is 12.6 Å². The van der Waals surface area contributed by atoms with Crippen LogP contribution in [-0.2, 0) is 15.2 Å². The summed E-state index contributed by atoms with van der Waals surface area (Å²) < 4.78 is 25.8. The molecule has 1 saturated heterocycles. The second-order valence-corrected chi connectivity index (χ2v) is 5.89. The fraction of sp³-hybridized carbons (Fsp3) is 0.571. The largest absolute Gasteiger partial charge is 0.372 e. The van der Waals surface area contributed by atoms with Gasteiger partial charge in [0.05, 0.1) is 6.10 Å². The number of rotatable bonds is 4. The number of anilines is 1. The molecule has 0 spiro atoms. The molecule has 1 fully saturated rings. The lowest BCUT2D eigenvalue weighted by Crippen LogP contribution is -2.32. The standard InChI is InChI=1S/C14H21NO3S/c1-11-7-9-15(10-8-11)14-5-3-13(4-6-14)12(2)18-19(16)17/h3-6,11-12,19H,7-10H2,1-2H3. The van der Waals surface area contributed by atoms with Gasteiger partial charge in [-0.05, 0) is 43.4 Å². The molecule has 2 rings (SSSR count). The van der Waals surface area contributed by atoms with Crippen LogP contribution in [0.1, 0.15) is 38.4 Å². The fourth-order valence-electron chi connectivity index (χ4n) is 2.41. The fourth-order valence-corrected chi connectivity index (χ4v) is 2.79. The molecule has 1 aliphatic rings. The molecule has 1 atom stereocenters. The maximum atomic E-state index is 10.5. The molecule has 1 heterocycles. The molecule has 0 aromatic heterocycles. The molecule has 106 valence electrons. The van der Waals surface area contributed by atoms with Gasteiger partial charge in [-0.3, -0.25) is 4.18 Å². The zero-order chi connectivity index (χ0) is 13.8. The summed E-state index contributed by atoms with van der Waals surface area (Å²) in [5, 5.41) is 0. The lowest BCUT2D eigenvalue weighted by molar-refractivity contribution is 0.245. The summed E-state index contributed by atoms with van der Waals surface area (Å²) in [5.74, 6) is 0.817. The van der Waals surface area contributed by atoms with E-state index in [1.807, 2.05) is 24.3 Å². The maximum absolute atomic E-state index is 10.5. The summed E-state index contributed by atoms with van der Waals surface area (Å²) in [6, 6.07) is 7.97. The normalized spacial score (nSPS) is 18.8. The third kappa shape index (κ3) is 3.94. The monoisotopic (exact) mass is 283 g/mol. The van der Waals surface area contributed by atoms with E-state index < -0.39 is 17.1 Å². The van der Waals surface area contributed by atoms with E-state index in [0.717, 1.165) is 24.6 Å².